The summed E-state index contributed by atoms with van der Waals surface area (Å²) in [6.45, 7) is 2.18. The molecule has 0 fully saturated rings. The molecule has 4 heteroatoms. The van der Waals surface area contributed by atoms with E-state index >= 15 is 0 Å². The number of carbonyl (C=O) groups excluding carboxylic acids is 2. The maximum Gasteiger partial charge on any atom is 0.262 e. The highest BCUT2D eigenvalue weighted by molar-refractivity contribution is 6.49. The highest BCUT2D eigenvalue weighted by Crippen LogP contribution is 2.38. The van der Waals surface area contributed by atoms with Crippen molar-refractivity contribution in [2.75, 3.05) is 6.54 Å². The third kappa shape index (κ3) is 2.00. The lowest BCUT2D eigenvalue weighted by atomic mass is 9.96. The molecule has 0 atom stereocenters. The number of aromatic amines is 1. The van der Waals surface area contributed by atoms with Crippen molar-refractivity contribution >= 4 is 33.9 Å². The zero-order valence-electron chi connectivity index (χ0n) is 13.2. The topological polar surface area (TPSA) is 53.2 Å². The number of likely N-dealkylation sites (N-methyl/N-ethyl adjacent to an activating group) is 1. The first-order chi connectivity index (χ1) is 11.7. The van der Waals surface area contributed by atoms with Gasteiger partial charge < -0.3 is 4.98 Å². The Hall–Kier alpha value is -3.14. The van der Waals surface area contributed by atoms with Gasteiger partial charge in [-0.25, -0.2) is 0 Å². The number of benzene rings is 2. The molecule has 2 heterocycles. The molecule has 0 unspecified atom stereocenters. The minimum Gasteiger partial charge on any atom is -0.361 e. The van der Waals surface area contributed by atoms with Gasteiger partial charge in [0, 0.05) is 29.2 Å². The summed E-state index contributed by atoms with van der Waals surface area (Å²) in [4.78, 5) is 30.2. The second-order valence-corrected chi connectivity index (χ2v) is 5.72. The van der Waals surface area contributed by atoms with E-state index in [0.717, 1.165) is 22.0 Å². The summed E-state index contributed by atoms with van der Waals surface area (Å²) in [5.74, 6) is -0.458. The van der Waals surface area contributed by atoms with E-state index in [-0.39, 0.29) is 11.8 Å². The van der Waals surface area contributed by atoms with Crippen LogP contribution in [-0.4, -0.2) is 28.2 Å². The Kier molecular flexibility index (Phi) is 3.31. The fourth-order valence-electron chi connectivity index (χ4n) is 3.26. The lowest BCUT2D eigenvalue weighted by Gasteiger charge is -2.11. The van der Waals surface area contributed by atoms with Crippen LogP contribution in [0.1, 0.15) is 18.1 Å². The van der Waals surface area contributed by atoms with Gasteiger partial charge in [0.15, 0.2) is 0 Å². The summed E-state index contributed by atoms with van der Waals surface area (Å²) < 4.78 is 0. The van der Waals surface area contributed by atoms with Gasteiger partial charge in [-0.05, 0) is 18.6 Å². The molecule has 0 bridgehead atoms. The number of amides is 2. The van der Waals surface area contributed by atoms with Crippen LogP contribution in [0.5, 0.6) is 0 Å². The molecule has 1 N–H and O–H groups in total. The van der Waals surface area contributed by atoms with Crippen molar-refractivity contribution in [3.05, 3.63) is 71.9 Å². The number of hydrogen-bond acceptors (Lipinski definition) is 2. The summed E-state index contributed by atoms with van der Waals surface area (Å²) >= 11 is 0. The van der Waals surface area contributed by atoms with E-state index < -0.39 is 0 Å². The fourth-order valence-corrected chi connectivity index (χ4v) is 3.26. The highest BCUT2D eigenvalue weighted by Gasteiger charge is 2.39. The molecule has 1 aromatic heterocycles. The van der Waals surface area contributed by atoms with Crippen molar-refractivity contribution in [2.24, 2.45) is 0 Å². The first-order valence-electron chi connectivity index (χ1n) is 7.94. The van der Waals surface area contributed by atoms with Crippen molar-refractivity contribution in [1.82, 2.24) is 9.88 Å². The minimum absolute atomic E-state index is 0.228. The highest BCUT2D eigenvalue weighted by atomic mass is 16.2. The number of carbonyl (C=O) groups is 2. The average Bonchev–Trinajstić information content (AvgIpc) is 3.14. The number of fused-ring (bicyclic) bond motifs is 1. The summed E-state index contributed by atoms with van der Waals surface area (Å²) in [5, 5.41) is 0.944. The Balaban J connectivity index is 2.02. The molecule has 1 aliphatic rings. The van der Waals surface area contributed by atoms with E-state index in [1.807, 2.05) is 67.7 Å². The second-order valence-electron chi connectivity index (χ2n) is 5.72. The van der Waals surface area contributed by atoms with Crippen LogP contribution in [0.3, 0.4) is 0 Å². The lowest BCUT2D eigenvalue weighted by Crippen LogP contribution is -2.31. The van der Waals surface area contributed by atoms with Gasteiger partial charge >= 0.3 is 0 Å². The van der Waals surface area contributed by atoms with Crippen LogP contribution in [0, 0.1) is 0 Å². The van der Waals surface area contributed by atoms with Gasteiger partial charge in [-0.2, -0.15) is 0 Å². The Labute approximate surface area is 139 Å². The van der Waals surface area contributed by atoms with Crippen LogP contribution in [0.15, 0.2) is 60.8 Å². The van der Waals surface area contributed by atoms with Crippen molar-refractivity contribution in [3.63, 3.8) is 0 Å². The first-order valence-corrected chi connectivity index (χ1v) is 7.94. The smallest absolute Gasteiger partial charge is 0.262 e. The number of nitrogens with zero attached hydrogens (tertiary/aromatic N) is 1. The van der Waals surface area contributed by atoms with E-state index in [2.05, 4.69) is 4.98 Å². The molecule has 0 saturated carbocycles. The molecule has 4 rings (SSSR count). The standard InChI is InChI=1S/C20H16N2O2/c1-2-22-19(23)17(13-8-4-3-5-9-13)18(20(22)24)15-12-21-16-11-7-6-10-14(15)16/h3-12,21H,2H2,1H3. The number of rotatable bonds is 3. The summed E-state index contributed by atoms with van der Waals surface area (Å²) in [5.41, 5.74) is 3.45. The van der Waals surface area contributed by atoms with Crippen molar-refractivity contribution < 1.29 is 9.59 Å². The van der Waals surface area contributed by atoms with E-state index in [9.17, 15) is 9.59 Å². The maximum absolute atomic E-state index is 12.9. The molecule has 4 nitrogen and oxygen atoms in total. The summed E-state index contributed by atoms with van der Waals surface area (Å²) in [6.07, 6.45) is 1.81. The monoisotopic (exact) mass is 316 g/mol. The molecule has 3 aromatic rings. The number of hydrogen-bond donors (Lipinski definition) is 1. The van der Waals surface area contributed by atoms with Gasteiger partial charge in [0.2, 0.25) is 0 Å². The maximum atomic E-state index is 12.9. The number of imide groups is 1. The van der Waals surface area contributed by atoms with Crippen molar-refractivity contribution in [2.45, 2.75) is 6.92 Å². The molecule has 1 aliphatic heterocycles. The number of nitrogens with one attached hydrogen (secondary N) is 1. The van der Waals surface area contributed by atoms with Crippen LogP contribution >= 0.6 is 0 Å². The van der Waals surface area contributed by atoms with Crippen LogP contribution < -0.4 is 0 Å². The van der Waals surface area contributed by atoms with Gasteiger partial charge in [-0.3, -0.25) is 14.5 Å². The van der Waals surface area contributed by atoms with Crippen LogP contribution in [0.2, 0.25) is 0 Å². The van der Waals surface area contributed by atoms with E-state index in [1.54, 1.807) is 0 Å². The molecule has 118 valence electrons. The van der Waals surface area contributed by atoms with Crippen molar-refractivity contribution in [1.29, 1.82) is 0 Å². The second kappa shape index (κ2) is 5.49. The zero-order chi connectivity index (χ0) is 16.7. The average molecular weight is 316 g/mol. The molecule has 0 saturated heterocycles. The van der Waals surface area contributed by atoms with Crippen LogP contribution in [0.4, 0.5) is 0 Å². The third-order valence-electron chi connectivity index (χ3n) is 4.41. The molecule has 2 aromatic carbocycles. The molecule has 24 heavy (non-hydrogen) atoms. The molecule has 0 radical (unpaired) electrons. The van der Waals surface area contributed by atoms with Crippen LogP contribution in [0.25, 0.3) is 22.0 Å². The van der Waals surface area contributed by atoms with Gasteiger partial charge in [0.25, 0.3) is 11.8 Å². The quantitative estimate of drug-likeness (QED) is 0.752. The number of aromatic nitrogens is 1. The van der Waals surface area contributed by atoms with Crippen LogP contribution in [-0.2, 0) is 9.59 Å². The summed E-state index contributed by atoms with van der Waals surface area (Å²) in [6, 6.07) is 17.2. The largest absolute Gasteiger partial charge is 0.361 e. The molecular formula is C20H16N2O2. The first kappa shape index (κ1) is 14.5. The number of H-pyrrole nitrogens is 1. The summed E-state index contributed by atoms with van der Waals surface area (Å²) in [7, 11) is 0. The number of para-hydroxylation sites is 1. The normalized spacial score (nSPS) is 15.0. The van der Waals surface area contributed by atoms with Gasteiger partial charge in [0.1, 0.15) is 0 Å². The minimum atomic E-state index is -0.230. The van der Waals surface area contributed by atoms with Crippen molar-refractivity contribution in [3.8, 4) is 0 Å². The lowest BCUT2D eigenvalue weighted by molar-refractivity contribution is -0.135. The predicted octanol–water partition coefficient (Wildman–Crippen LogP) is 3.47. The SMILES string of the molecule is CCN1C(=O)C(c2ccccc2)=C(c2c[nH]c3ccccc23)C1=O. The van der Waals surface area contributed by atoms with Gasteiger partial charge in [-0.1, -0.05) is 48.5 Å². The van der Waals surface area contributed by atoms with E-state index in [1.165, 1.54) is 4.90 Å². The molecule has 0 aliphatic carbocycles. The predicted molar refractivity (Wildman–Crippen MR) is 93.9 cm³/mol. The van der Waals surface area contributed by atoms with Gasteiger partial charge in [-0.15, -0.1) is 0 Å². The third-order valence-corrected chi connectivity index (χ3v) is 4.41. The Morgan fingerprint density at radius 1 is 0.875 bits per heavy atom. The Bertz CT molecular complexity index is 983. The Morgan fingerprint density at radius 2 is 1.54 bits per heavy atom. The van der Waals surface area contributed by atoms with E-state index in [4.69, 9.17) is 0 Å². The van der Waals surface area contributed by atoms with E-state index in [0.29, 0.717) is 17.7 Å². The fraction of sp³-hybridized carbons (Fsp3) is 0.100. The molecular weight excluding hydrogens is 300 g/mol. The zero-order valence-corrected chi connectivity index (χ0v) is 13.2. The molecule has 2 amide bonds. The Morgan fingerprint density at radius 3 is 2.29 bits per heavy atom. The van der Waals surface area contributed by atoms with Gasteiger partial charge in [0.05, 0.1) is 11.1 Å². The molecule has 0 spiro atoms.